The van der Waals surface area contributed by atoms with E-state index in [9.17, 15) is 5.11 Å². The molecule has 2 nitrogen and oxygen atoms in total. The van der Waals surface area contributed by atoms with Crippen molar-refractivity contribution >= 4 is 11.8 Å². The molecule has 2 N–H and O–H groups in total. The predicted octanol–water partition coefficient (Wildman–Crippen LogP) is 1.24. The van der Waals surface area contributed by atoms with Crippen LogP contribution < -0.4 is 5.32 Å². The summed E-state index contributed by atoms with van der Waals surface area (Å²) in [7, 11) is 0. The molecule has 13 heavy (non-hydrogen) atoms. The van der Waals surface area contributed by atoms with Gasteiger partial charge in [-0.15, -0.1) is 0 Å². The van der Waals surface area contributed by atoms with Crippen LogP contribution in [-0.2, 0) is 0 Å². The van der Waals surface area contributed by atoms with Gasteiger partial charge in [-0.3, -0.25) is 0 Å². The largest absolute Gasteiger partial charge is 0.395 e. The molecule has 1 saturated carbocycles. The minimum Gasteiger partial charge on any atom is -0.395 e. The molecule has 2 aliphatic rings. The second-order valence-electron chi connectivity index (χ2n) is 4.31. The molecule has 0 amide bonds. The van der Waals surface area contributed by atoms with Crippen molar-refractivity contribution in [2.24, 2.45) is 5.92 Å². The number of rotatable bonds is 5. The fraction of sp³-hybridized carbons (Fsp3) is 1.00. The van der Waals surface area contributed by atoms with E-state index in [1.165, 1.54) is 37.2 Å². The van der Waals surface area contributed by atoms with Gasteiger partial charge in [0, 0.05) is 23.6 Å². The maximum absolute atomic E-state index is 9.19. The Morgan fingerprint density at radius 2 is 2.15 bits per heavy atom. The fourth-order valence-corrected chi connectivity index (χ4v) is 2.66. The maximum atomic E-state index is 9.19. The summed E-state index contributed by atoms with van der Waals surface area (Å²) in [5.41, 5.74) is 0. The van der Waals surface area contributed by atoms with Crippen LogP contribution in [0.1, 0.15) is 25.7 Å². The number of hydrogen-bond donors (Lipinski definition) is 2. The van der Waals surface area contributed by atoms with E-state index >= 15 is 0 Å². The lowest BCUT2D eigenvalue weighted by Crippen LogP contribution is -2.48. The molecule has 76 valence electrons. The fourth-order valence-electron chi connectivity index (χ4n) is 1.99. The number of hydrogen-bond acceptors (Lipinski definition) is 3. The molecule has 0 aromatic carbocycles. The van der Waals surface area contributed by atoms with Gasteiger partial charge < -0.3 is 10.4 Å². The molecule has 0 bridgehead atoms. The zero-order valence-corrected chi connectivity index (χ0v) is 8.85. The molecule has 1 atom stereocenters. The van der Waals surface area contributed by atoms with Gasteiger partial charge in [-0.2, -0.15) is 11.8 Å². The smallest absolute Gasteiger partial charge is 0.0584 e. The van der Waals surface area contributed by atoms with E-state index in [0.29, 0.717) is 18.7 Å². The summed E-state index contributed by atoms with van der Waals surface area (Å²) in [6, 6.07) is 1.05. The number of thioether (sulfide) groups is 1. The van der Waals surface area contributed by atoms with Crippen molar-refractivity contribution in [2.45, 2.75) is 37.8 Å². The topological polar surface area (TPSA) is 32.3 Å². The van der Waals surface area contributed by atoms with Crippen LogP contribution in [0, 0.1) is 5.92 Å². The van der Waals surface area contributed by atoms with Crippen LogP contribution in [0.2, 0.25) is 0 Å². The average molecular weight is 201 g/mol. The Hall–Kier alpha value is 0.270. The van der Waals surface area contributed by atoms with Crippen molar-refractivity contribution in [3.63, 3.8) is 0 Å². The molecular weight excluding hydrogens is 182 g/mol. The van der Waals surface area contributed by atoms with E-state index in [1.54, 1.807) is 0 Å². The summed E-state index contributed by atoms with van der Waals surface area (Å²) < 4.78 is 0. The number of aliphatic hydroxyl groups excluding tert-OH is 1. The van der Waals surface area contributed by atoms with E-state index in [2.05, 4.69) is 5.32 Å². The third-order valence-electron chi connectivity index (χ3n) is 3.17. The molecule has 1 heterocycles. The van der Waals surface area contributed by atoms with Gasteiger partial charge in [-0.05, 0) is 12.3 Å². The third-order valence-corrected chi connectivity index (χ3v) is 4.45. The Morgan fingerprint density at radius 3 is 2.54 bits per heavy atom. The molecule has 0 spiro atoms. The molecule has 1 saturated heterocycles. The molecular formula is C10H19NOS. The van der Waals surface area contributed by atoms with Crippen molar-refractivity contribution < 1.29 is 5.11 Å². The zero-order valence-electron chi connectivity index (χ0n) is 8.04. The number of aliphatic hydroxyl groups is 1. The monoisotopic (exact) mass is 201 g/mol. The Morgan fingerprint density at radius 1 is 1.38 bits per heavy atom. The predicted molar refractivity (Wildman–Crippen MR) is 57.1 cm³/mol. The van der Waals surface area contributed by atoms with Crippen LogP contribution in [0.4, 0.5) is 0 Å². The molecule has 2 fully saturated rings. The Bertz CT molecular complexity index is 141. The van der Waals surface area contributed by atoms with Crippen molar-refractivity contribution in [3.05, 3.63) is 0 Å². The van der Waals surface area contributed by atoms with Gasteiger partial charge in [0.15, 0.2) is 0 Å². The van der Waals surface area contributed by atoms with Crippen molar-refractivity contribution in [3.8, 4) is 0 Å². The van der Waals surface area contributed by atoms with Crippen molar-refractivity contribution in [1.82, 2.24) is 5.32 Å². The van der Waals surface area contributed by atoms with Crippen molar-refractivity contribution in [1.29, 1.82) is 0 Å². The standard InChI is InChI=1S/C10H19NOS/c12-5-9(4-8-2-1-3-8)11-10-6-13-7-10/h8-12H,1-7H2. The molecule has 0 aromatic heterocycles. The first kappa shape index (κ1) is 9.81. The van der Waals surface area contributed by atoms with Gasteiger partial charge in [0.05, 0.1) is 6.61 Å². The first-order chi connectivity index (χ1) is 6.38. The molecule has 1 aliphatic carbocycles. The van der Waals surface area contributed by atoms with Crippen LogP contribution in [0.15, 0.2) is 0 Å². The lowest BCUT2D eigenvalue weighted by molar-refractivity contribution is 0.183. The zero-order chi connectivity index (χ0) is 9.10. The van der Waals surface area contributed by atoms with Gasteiger partial charge in [0.2, 0.25) is 0 Å². The van der Waals surface area contributed by atoms with E-state index < -0.39 is 0 Å². The first-order valence-corrected chi connectivity index (χ1v) is 6.48. The highest BCUT2D eigenvalue weighted by Crippen LogP contribution is 2.30. The van der Waals surface area contributed by atoms with Crippen LogP contribution in [0.25, 0.3) is 0 Å². The normalized spacial score (nSPS) is 26.5. The summed E-state index contributed by atoms with van der Waals surface area (Å²) in [6.07, 6.45) is 5.37. The van der Waals surface area contributed by atoms with Gasteiger partial charge >= 0.3 is 0 Å². The molecule has 1 unspecified atom stereocenters. The number of nitrogens with one attached hydrogen (secondary N) is 1. The second kappa shape index (κ2) is 4.67. The van der Waals surface area contributed by atoms with E-state index in [4.69, 9.17) is 0 Å². The minimum absolute atomic E-state index is 0.317. The molecule has 2 rings (SSSR count). The molecule has 3 heteroatoms. The highest BCUT2D eigenvalue weighted by molar-refractivity contribution is 8.00. The summed E-state index contributed by atoms with van der Waals surface area (Å²) in [5.74, 6) is 3.37. The third kappa shape index (κ3) is 2.61. The Balaban J connectivity index is 1.65. The van der Waals surface area contributed by atoms with Crippen LogP contribution in [0.5, 0.6) is 0 Å². The summed E-state index contributed by atoms with van der Waals surface area (Å²) in [4.78, 5) is 0. The van der Waals surface area contributed by atoms with Gasteiger partial charge in [-0.25, -0.2) is 0 Å². The molecule has 0 radical (unpaired) electrons. The summed E-state index contributed by atoms with van der Waals surface area (Å²) in [6.45, 7) is 0.317. The first-order valence-electron chi connectivity index (χ1n) is 5.33. The Kier molecular flexibility index (Phi) is 3.52. The summed E-state index contributed by atoms with van der Waals surface area (Å²) in [5, 5.41) is 12.7. The molecule has 0 aromatic rings. The Labute approximate surface area is 84.5 Å². The van der Waals surface area contributed by atoms with E-state index in [0.717, 1.165) is 5.92 Å². The highest BCUT2D eigenvalue weighted by Gasteiger charge is 2.25. The van der Waals surface area contributed by atoms with Crippen LogP contribution in [-0.4, -0.2) is 35.3 Å². The van der Waals surface area contributed by atoms with Gasteiger partial charge in [0.25, 0.3) is 0 Å². The lowest BCUT2D eigenvalue weighted by Gasteiger charge is -2.34. The molecule has 1 aliphatic heterocycles. The van der Waals surface area contributed by atoms with E-state index in [1.807, 2.05) is 11.8 Å². The van der Waals surface area contributed by atoms with Crippen LogP contribution in [0.3, 0.4) is 0 Å². The summed E-state index contributed by atoms with van der Waals surface area (Å²) >= 11 is 1.99. The average Bonchev–Trinajstić information content (AvgIpc) is 1.98. The van der Waals surface area contributed by atoms with E-state index in [-0.39, 0.29) is 0 Å². The van der Waals surface area contributed by atoms with Crippen LogP contribution >= 0.6 is 11.8 Å². The quantitative estimate of drug-likeness (QED) is 0.702. The minimum atomic E-state index is 0.317. The lowest BCUT2D eigenvalue weighted by atomic mass is 9.81. The maximum Gasteiger partial charge on any atom is 0.0584 e. The second-order valence-corrected chi connectivity index (χ2v) is 5.39. The van der Waals surface area contributed by atoms with Gasteiger partial charge in [0.1, 0.15) is 0 Å². The SMILES string of the molecule is OCC(CC1CCC1)NC1CSC1. The van der Waals surface area contributed by atoms with Gasteiger partial charge in [-0.1, -0.05) is 19.3 Å². The van der Waals surface area contributed by atoms with Crippen molar-refractivity contribution in [2.75, 3.05) is 18.1 Å². The highest BCUT2D eigenvalue weighted by atomic mass is 32.2.